The van der Waals surface area contributed by atoms with Crippen LogP contribution in [0.25, 0.3) is 0 Å². The Morgan fingerprint density at radius 3 is 2.81 bits per heavy atom. The van der Waals surface area contributed by atoms with Gasteiger partial charge in [-0.1, -0.05) is 6.07 Å². The van der Waals surface area contributed by atoms with Gasteiger partial charge in [0.05, 0.1) is 13.2 Å². The molecule has 0 bridgehead atoms. The smallest absolute Gasteiger partial charge is 0.251 e. The zero-order valence-corrected chi connectivity index (χ0v) is 18.0. The van der Waals surface area contributed by atoms with Gasteiger partial charge in [0.15, 0.2) is 11.5 Å². The third kappa shape index (κ3) is 4.82. The van der Waals surface area contributed by atoms with Crippen molar-refractivity contribution in [3.63, 3.8) is 0 Å². The summed E-state index contributed by atoms with van der Waals surface area (Å²) in [6.45, 7) is 3.90. The Morgan fingerprint density at radius 2 is 2.06 bits per heavy atom. The lowest BCUT2D eigenvalue weighted by Gasteiger charge is -2.15. The fraction of sp³-hybridized carbons (Fsp3) is 0.417. The first-order chi connectivity index (χ1) is 15.0. The number of fused-ring (bicyclic) bond motifs is 1. The zero-order valence-electron chi connectivity index (χ0n) is 18.0. The second-order valence-electron chi connectivity index (χ2n) is 7.88. The molecule has 1 fully saturated rings. The maximum atomic E-state index is 12.6. The molecule has 0 saturated carbocycles. The van der Waals surface area contributed by atoms with Gasteiger partial charge in [-0.3, -0.25) is 9.59 Å². The average Bonchev–Trinajstić information content (AvgIpc) is 3.45. The highest BCUT2D eigenvalue weighted by atomic mass is 16.5. The SMILES string of the molecule is COc1cc(CNC(=O)c2ccc3c(c2)CCN3C(C)=O)ccc1OCC1CCCO1. The van der Waals surface area contributed by atoms with E-state index in [-0.39, 0.29) is 17.9 Å². The van der Waals surface area contributed by atoms with Crippen molar-refractivity contribution in [1.29, 1.82) is 0 Å². The van der Waals surface area contributed by atoms with Crippen LogP contribution in [0.1, 0.15) is 41.3 Å². The summed E-state index contributed by atoms with van der Waals surface area (Å²) in [5, 5.41) is 2.95. The minimum Gasteiger partial charge on any atom is -0.493 e. The molecule has 4 rings (SSSR count). The van der Waals surface area contributed by atoms with Gasteiger partial charge in [-0.15, -0.1) is 0 Å². The number of nitrogens with zero attached hydrogens (tertiary/aromatic N) is 1. The standard InChI is InChI=1S/C24H28N2O5/c1-16(27)26-10-9-18-13-19(6-7-21(18)26)24(28)25-14-17-5-8-22(23(12-17)29-2)31-15-20-4-3-11-30-20/h5-8,12-13,20H,3-4,9-11,14-15H2,1-2H3,(H,25,28). The average molecular weight is 424 g/mol. The third-order valence-corrected chi connectivity index (χ3v) is 5.75. The quantitative estimate of drug-likeness (QED) is 0.739. The second kappa shape index (κ2) is 9.39. The molecule has 7 heteroatoms. The van der Waals surface area contributed by atoms with E-state index < -0.39 is 0 Å². The molecule has 1 unspecified atom stereocenters. The lowest BCUT2D eigenvalue weighted by atomic mass is 10.1. The first-order valence-electron chi connectivity index (χ1n) is 10.7. The van der Waals surface area contributed by atoms with E-state index >= 15 is 0 Å². The van der Waals surface area contributed by atoms with Gasteiger partial charge in [-0.05, 0) is 60.7 Å². The molecule has 1 atom stereocenters. The highest BCUT2D eigenvalue weighted by molar-refractivity contribution is 5.97. The zero-order chi connectivity index (χ0) is 21.8. The Bertz CT molecular complexity index is 968. The van der Waals surface area contributed by atoms with Gasteiger partial charge >= 0.3 is 0 Å². The van der Waals surface area contributed by atoms with Crippen molar-refractivity contribution in [3.8, 4) is 11.5 Å². The number of carbonyl (C=O) groups excluding carboxylic acids is 2. The topological polar surface area (TPSA) is 77.1 Å². The summed E-state index contributed by atoms with van der Waals surface area (Å²) in [5.74, 6) is 1.17. The van der Waals surface area contributed by atoms with Crippen LogP contribution in [0.15, 0.2) is 36.4 Å². The number of ether oxygens (including phenoxy) is 3. The van der Waals surface area contributed by atoms with Gasteiger partial charge < -0.3 is 24.4 Å². The molecule has 0 spiro atoms. The monoisotopic (exact) mass is 424 g/mol. The molecular weight excluding hydrogens is 396 g/mol. The van der Waals surface area contributed by atoms with E-state index in [1.165, 1.54) is 0 Å². The summed E-state index contributed by atoms with van der Waals surface area (Å²) in [6, 6.07) is 11.1. The number of rotatable bonds is 7. The van der Waals surface area contributed by atoms with Crippen LogP contribution in [0.3, 0.4) is 0 Å². The molecule has 2 aliphatic heterocycles. The Labute approximate surface area is 182 Å². The molecule has 0 aromatic heterocycles. The molecule has 0 aliphatic carbocycles. The van der Waals surface area contributed by atoms with Crippen LogP contribution in [0, 0.1) is 0 Å². The van der Waals surface area contributed by atoms with Crippen molar-refractivity contribution in [2.45, 2.75) is 38.8 Å². The van der Waals surface area contributed by atoms with Gasteiger partial charge in [0.2, 0.25) is 5.91 Å². The minimum atomic E-state index is -0.151. The van der Waals surface area contributed by atoms with Crippen LogP contribution in [0.4, 0.5) is 5.69 Å². The predicted molar refractivity (Wildman–Crippen MR) is 117 cm³/mol. The Balaban J connectivity index is 1.36. The van der Waals surface area contributed by atoms with Gasteiger partial charge in [0.25, 0.3) is 5.91 Å². The fourth-order valence-electron chi connectivity index (χ4n) is 4.05. The van der Waals surface area contributed by atoms with Crippen molar-refractivity contribution < 1.29 is 23.8 Å². The van der Waals surface area contributed by atoms with E-state index in [0.29, 0.717) is 36.8 Å². The lowest BCUT2D eigenvalue weighted by Crippen LogP contribution is -2.26. The van der Waals surface area contributed by atoms with Gasteiger partial charge in [0.1, 0.15) is 6.61 Å². The molecular formula is C24H28N2O5. The van der Waals surface area contributed by atoms with Crippen molar-refractivity contribution in [1.82, 2.24) is 5.32 Å². The lowest BCUT2D eigenvalue weighted by molar-refractivity contribution is -0.116. The maximum absolute atomic E-state index is 12.6. The van der Waals surface area contributed by atoms with E-state index in [9.17, 15) is 9.59 Å². The molecule has 7 nitrogen and oxygen atoms in total. The number of hydrogen-bond acceptors (Lipinski definition) is 5. The largest absolute Gasteiger partial charge is 0.493 e. The van der Waals surface area contributed by atoms with Crippen LogP contribution in [0.5, 0.6) is 11.5 Å². The van der Waals surface area contributed by atoms with Crippen LogP contribution in [-0.2, 0) is 22.5 Å². The molecule has 2 aromatic carbocycles. The van der Waals surface area contributed by atoms with Crippen molar-refractivity contribution >= 4 is 17.5 Å². The highest BCUT2D eigenvalue weighted by Crippen LogP contribution is 2.30. The molecule has 2 heterocycles. The van der Waals surface area contributed by atoms with Crippen LogP contribution in [0.2, 0.25) is 0 Å². The fourth-order valence-corrected chi connectivity index (χ4v) is 4.05. The van der Waals surface area contributed by atoms with Gasteiger partial charge in [-0.2, -0.15) is 0 Å². The number of nitrogens with one attached hydrogen (secondary N) is 1. The summed E-state index contributed by atoms with van der Waals surface area (Å²) < 4.78 is 16.9. The molecule has 164 valence electrons. The van der Waals surface area contributed by atoms with Crippen LogP contribution in [-0.4, -0.2) is 44.8 Å². The van der Waals surface area contributed by atoms with E-state index in [1.807, 2.05) is 30.3 Å². The van der Waals surface area contributed by atoms with Crippen LogP contribution >= 0.6 is 0 Å². The number of amides is 2. The van der Waals surface area contributed by atoms with Crippen molar-refractivity contribution in [3.05, 3.63) is 53.1 Å². The summed E-state index contributed by atoms with van der Waals surface area (Å²) in [4.78, 5) is 26.1. The van der Waals surface area contributed by atoms with Crippen molar-refractivity contribution in [2.24, 2.45) is 0 Å². The van der Waals surface area contributed by atoms with E-state index in [0.717, 1.165) is 42.7 Å². The number of methoxy groups -OCH3 is 1. The minimum absolute atomic E-state index is 0.0214. The van der Waals surface area contributed by atoms with E-state index in [4.69, 9.17) is 14.2 Å². The second-order valence-corrected chi connectivity index (χ2v) is 7.88. The molecule has 2 aliphatic rings. The summed E-state index contributed by atoms with van der Waals surface area (Å²) >= 11 is 0. The summed E-state index contributed by atoms with van der Waals surface area (Å²) in [7, 11) is 1.60. The highest BCUT2D eigenvalue weighted by Gasteiger charge is 2.23. The molecule has 2 amide bonds. The predicted octanol–water partition coefficient (Wildman–Crippen LogP) is 3.09. The number of carbonyl (C=O) groups is 2. The van der Waals surface area contributed by atoms with Gasteiger partial charge in [-0.25, -0.2) is 0 Å². The van der Waals surface area contributed by atoms with E-state index in [2.05, 4.69) is 5.32 Å². The molecule has 2 aromatic rings. The third-order valence-electron chi connectivity index (χ3n) is 5.75. The Kier molecular flexibility index (Phi) is 6.42. The molecule has 0 radical (unpaired) electrons. The number of anilines is 1. The molecule has 31 heavy (non-hydrogen) atoms. The van der Waals surface area contributed by atoms with Gasteiger partial charge in [0, 0.05) is 37.9 Å². The number of hydrogen-bond donors (Lipinski definition) is 1. The maximum Gasteiger partial charge on any atom is 0.251 e. The summed E-state index contributed by atoms with van der Waals surface area (Å²) in [6.07, 6.45) is 2.99. The first-order valence-corrected chi connectivity index (χ1v) is 10.7. The Morgan fingerprint density at radius 1 is 1.19 bits per heavy atom. The first kappa shape index (κ1) is 21.2. The number of benzene rings is 2. The molecule has 1 N–H and O–H groups in total. The van der Waals surface area contributed by atoms with Crippen LogP contribution < -0.4 is 19.7 Å². The summed E-state index contributed by atoms with van der Waals surface area (Å²) in [5.41, 5.74) is 3.43. The van der Waals surface area contributed by atoms with E-state index in [1.54, 1.807) is 25.0 Å². The normalized spacial score (nSPS) is 17.4. The Hall–Kier alpha value is -3.06. The molecule has 1 saturated heterocycles. The van der Waals surface area contributed by atoms with Crippen molar-refractivity contribution in [2.75, 3.05) is 31.8 Å².